The first-order chi connectivity index (χ1) is 13.5. The number of rotatable bonds is 1. The Labute approximate surface area is 165 Å². The number of para-hydroxylation sites is 1. The minimum atomic E-state index is 0.886. The van der Waals surface area contributed by atoms with Gasteiger partial charge in [-0.05, 0) is 68.7 Å². The van der Waals surface area contributed by atoms with E-state index < -0.39 is 0 Å². The molecule has 5 rings (SSSR count). The van der Waals surface area contributed by atoms with Crippen molar-refractivity contribution in [3.63, 3.8) is 0 Å². The topological polar surface area (TPSA) is 16.4 Å². The quantitative estimate of drug-likeness (QED) is 0.304. The van der Waals surface area contributed by atoms with Crippen LogP contribution in [0.3, 0.4) is 0 Å². The maximum atomic E-state index is 6.46. The van der Waals surface area contributed by atoms with Gasteiger partial charge in [0.15, 0.2) is 0 Å². The summed E-state index contributed by atoms with van der Waals surface area (Å²) in [5.74, 6) is 0.886. The molecule has 138 valence electrons. The largest absolute Gasteiger partial charge is 0.439 e. The van der Waals surface area contributed by atoms with Crippen LogP contribution in [0.25, 0.3) is 23.1 Å². The van der Waals surface area contributed by atoms with Crippen molar-refractivity contribution in [1.82, 2.24) is 0 Å². The Hall–Kier alpha value is -3.26. The van der Waals surface area contributed by atoms with Crippen LogP contribution in [0.4, 0.5) is 17.3 Å². The fourth-order valence-corrected chi connectivity index (χ4v) is 4.41. The molecule has 1 aliphatic heterocycles. The molecule has 4 aromatic rings. The van der Waals surface area contributed by atoms with E-state index in [1.807, 2.05) is 0 Å². The van der Waals surface area contributed by atoms with Crippen LogP contribution in [0.5, 0.6) is 0 Å². The average Bonchev–Trinajstić information content (AvgIpc) is 2.92. The van der Waals surface area contributed by atoms with Crippen LogP contribution >= 0.6 is 0 Å². The molecule has 2 nitrogen and oxygen atoms in total. The Morgan fingerprint density at radius 1 is 0.750 bits per heavy atom. The molecule has 3 aromatic carbocycles. The molecule has 0 saturated carbocycles. The SMILES string of the molecule is Cc1cc(C)c(N2c3ccccc3C=Cc3c2oc2ccc(C)cc32)c(C)c1. The maximum Gasteiger partial charge on any atom is 0.213 e. The first-order valence-corrected chi connectivity index (χ1v) is 9.71. The standard InChI is InChI=1S/C26H23NO/c1-16-9-12-24-22(15-16)21-11-10-20-7-5-6-8-23(20)27(26(21)28-24)25-18(3)13-17(2)14-19(25)4/h5-15H,1-4H3. The second-order valence-electron chi connectivity index (χ2n) is 7.80. The predicted molar refractivity (Wildman–Crippen MR) is 119 cm³/mol. The Morgan fingerprint density at radius 3 is 2.29 bits per heavy atom. The van der Waals surface area contributed by atoms with E-state index in [1.165, 1.54) is 33.5 Å². The molecule has 0 spiro atoms. The highest BCUT2D eigenvalue weighted by atomic mass is 16.4. The highest BCUT2D eigenvalue weighted by molar-refractivity contribution is 6.02. The number of anilines is 3. The summed E-state index contributed by atoms with van der Waals surface area (Å²) in [5, 5.41) is 1.16. The molecule has 0 radical (unpaired) electrons. The first-order valence-electron chi connectivity index (χ1n) is 9.71. The van der Waals surface area contributed by atoms with Crippen molar-refractivity contribution in [2.45, 2.75) is 27.7 Å². The van der Waals surface area contributed by atoms with Gasteiger partial charge in [0.1, 0.15) is 5.58 Å². The molecule has 0 aliphatic carbocycles. The summed E-state index contributed by atoms with van der Waals surface area (Å²) >= 11 is 0. The Morgan fingerprint density at radius 2 is 1.50 bits per heavy atom. The van der Waals surface area contributed by atoms with Crippen LogP contribution in [0, 0.1) is 27.7 Å². The number of nitrogens with zero attached hydrogens (tertiary/aromatic N) is 1. The molecule has 0 saturated heterocycles. The van der Waals surface area contributed by atoms with E-state index in [4.69, 9.17) is 4.42 Å². The summed E-state index contributed by atoms with van der Waals surface area (Å²) in [6.07, 6.45) is 4.39. The van der Waals surface area contributed by atoms with Gasteiger partial charge in [-0.25, -0.2) is 0 Å². The van der Waals surface area contributed by atoms with Gasteiger partial charge >= 0.3 is 0 Å². The average molecular weight is 365 g/mol. The molecule has 0 bridgehead atoms. The van der Waals surface area contributed by atoms with Crippen LogP contribution < -0.4 is 4.90 Å². The van der Waals surface area contributed by atoms with Crippen LogP contribution in [0.15, 0.2) is 59.0 Å². The normalized spacial score (nSPS) is 12.8. The third kappa shape index (κ3) is 2.49. The fourth-order valence-electron chi connectivity index (χ4n) is 4.41. The van der Waals surface area contributed by atoms with Crippen molar-refractivity contribution in [3.05, 3.63) is 88.0 Å². The Balaban J connectivity index is 1.89. The van der Waals surface area contributed by atoms with Gasteiger partial charge in [-0.3, -0.25) is 4.90 Å². The number of aryl methyl sites for hydroxylation is 4. The predicted octanol–water partition coefficient (Wildman–Crippen LogP) is 7.62. The summed E-state index contributed by atoms with van der Waals surface area (Å²) in [4.78, 5) is 2.30. The molecule has 0 amide bonds. The van der Waals surface area contributed by atoms with Gasteiger partial charge in [0.25, 0.3) is 0 Å². The first kappa shape index (κ1) is 16.9. The maximum absolute atomic E-state index is 6.46. The second-order valence-corrected chi connectivity index (χ2v) is 7.80. The van der Waals surface area contributed by atoms with E-state index in [-0.39, 0.29) is 0 Å². The minimum absolute atomic E-state index is 0.886. The van der Waals surface area contributed by atoms with E-state index in [0.29, 0.717) is 0 Å². The molecule has 0 unspecified atom stereocenters. The van der Waals surface area contributed by atoms with Gasteiger partial charge in [-0.15, -0.1) is 0 Å². The fraction of sp³-hybridized carbons (Fsp3) is 0.154. The van der Waals surface area contributed by atoms with E-state index in [0.717, 1.165) is 28.1 Å². The zero-order chi connectivity index (χ0) is 19.4. The van der Waals surface area contributed by atoms with Crippen molar-refractivity contribution in [2.75, 3.05) is 4.90 Å². The highest BCUT2D eigenvalue weighted by Crippen LogP contribution is 2.47. The van der Waals surface area contributed by atoms with Crippen LogP contribution in [0.1, 0.15) is 33.4 Å². The van der Waals surface area contributed by atoms with E-state index in [2.05, 4.69) is 99.3 Å². The lowest BCUT2D eigenvalue weighted by atomic mass is 10.0. The van der Waals surface area contributed by atoms with Crippen molar-refractivity contribution in [3.8, 4) is 0 Å². The Kier molecular flexibility index (Phi) is 3.70. The summed E-state index contributed by atoms with van der Waals surface area (Å²) in [6, 6.07) is 19.4. The summed E-state index contributed by atoms with van der Waals surface area (Å²) < 4.78 is 6.46. The van der Waals surface area contributed by atoms with Gasteiger partial charge < -0.3 is 4.42 Å². The molecule has 2 heteroatoms. The molecule has 28 heavy (non-hydrogen) atoms. The number of fused-ring (bicyclic) bond motifs is 4. The number of hydrogen-bond donors (Lipinski definition) is 0. The molecular formula is C26H23NO. The summed E-state index contributed by atoms with van der Waals surface area (Å²) in [5.41, 5.74) is 10.6. The lowest BCUT2D eigenvalue weighted by Gasteiger charge is -2.27. The Bertz CT molecular complexity index is 1240. The zero-order valence-corrected chi connectivity index (χ0v) is 16.7. The van der Waals surface area contributed by atoms with E-state index >= 15 is 0 Å². The lowest BCUT2D eigenvalue weighted by molar-refractivity contribution is 0.619. The van der Waals surface area contributed by atoms with Crippen LogP contribution in [0.2, 0.25) is 0 Å². The third-order valence-corrected chi connectivity index (χ3v) is 5.53. The zero-order valence-electron chi connectivity index (χ0n) is 16.7. The molecular weight excluding hydrogens is 342 g/mol. The summed E-state index contributed by atoms with van der Waals surface area (Å²) in [6.45, 7) is 8.64. The van der Waals surface area contributed by atoms with Crippen molar-refractivity contribution >= 4 is 40.4 Å². The molecule has 0 fully saturated rings. The summed E-state index contributed by atoms with van der Waals surface area (Å²) in [7, 11) is 0. The van der Waals surface area contributed by atoms with Crippen LogP contribution in [-0.4, -0.2) is 0 Å². The van der Waals surface area contributed by atoms with E-state index in [9.17, 15) is 0 Å². The number of hydrogen-bond acceptors (Lipinski definition) is 2. The van der Waals surface area contributed by atoms with Gasteiger partial charge in [-0.2, -0.15) is 0 Å². The monoisotopic (exact) mass is 365 g/mol. The van der Waals surface area contributed by atoms with Crippen LogP contribution in [-0.2, 0) is 0 Å². The van der Waals surface area contributed by atoms with Gasteiger partial charge in [0, 0.05) is 10.9 Å². The third-order valence-electron chi connectivity index (χ3n) is 5.53. The van der Waals surface area contributed by atoms with Gasteiger partial charge in [-0.1, -0.05) is 53.6 Å². The number of furan rings is 1. The van der Waals surface area contributed by atoms with Crippen molar-refractivity contribution < 1.29 is 4.42 Å². The number of benzene rings is 3. The molecule has 1 aliphatic rings. The smallest absolute Gasteiger partial charge is 0.213 e. The van der Waals surface area contributed by atoms with Gasteiger partial charge in [0.05, 0.1) is 11.4 Å². The molecule has 0 N–H and O–H groups in total. The van der Waals surface area contributed by atoms with E-state index in [1.54, 1.807) is 0 Å². The molecule has 2 heterocycles. The minimum Gasteiger partial charge on any atom is -0.439 e. The molecule has 0 atom stereocenters. The molecule has 1 aromatic heterocycles. The lowest BCUT2D eigenvalue weighted by Crippen LogP contribution is -2.13. The van der Waals surface area contributed by atoms with Crippen molar-refractivity contribution in [2.24, 2.45) is 0 Å². The highest BCUT2D eigenvalue weighted by Gasteiger charge is 2.27. The van der Waals surface area contributed by atoms with Crippen molar-refractivity contribution in [1.29, 1.82) is 0 Å². The van der Waals surface area contributed by atoms with Gasteiger partial charge in [0.2, 0.25) is 5.88 Å². The second kappa shape index (κ2) is 6.13.